The number of piperidine rings is 1. The van der Waals surface area contributed by atoms with Crippen LogP contribution in [-0.4, -0.2) is 22.8 Å². The van der Waals surface area contributed by atoms with Crippen molar-refractivity contribution in [1.82, 2.24) is 4.90 Å². The van der Waals surface area contributed by atoms with Gasteiger partial charge in [0.2, 0.25) is 0 Å². The van der Waals surface area contributed by atoms with Gasteiger partial charge in [0.15, 0.2) is 0 Å². The summed E-state index contributed by atoms with van der Waals surface area (Å²) in [5.74, 6) is -0.402. The van der Waals surface area contributed by atoms with Gasteiger partial charge in [0.25, 0.3) is 0 Å². The lowest BCUT2D eigenvalue weighted by atomic mass is 9.96. The summed E-state index contributed by atoms with van der Waals surface area (Å²) >= 11 is 0. The van der Waals surface area contributed by atoms with Crippen molar-refractivity contribution < 1.29 is 4.39 Å². The maximum Gasteiger partial charge on any atom is 0.124 e. The van der Waals surface area contributed by atoms with Crippen molar-refractivity contribution in [2.75, 3.05) is 0 Å². The van der Waals surface area contributed by atoms with Gasteiger partial charge in [0, 0.05) is 24.2 Å². The average molecular weight is 263 g/mol. The summed E-state index contributed by atoms with van der Waals surface area (Å²) in [5, 5.41) is 7.43. The fourth-order valence-corrected chi connectivity index (χ4v) is 2.89. The second-order valence-corrected chi connectivity index (χ2v) is 5.56. The lowest BCUT2D eigenvalue weighted by molar-refractivity contribution is 0.0952. The Morgan fingerprint density at radius 2 is 1.95 bits per heavy atom. The first kappa shape index (κ1) is 14.0. The van der Waals surface area contributed by atoms with Crippen LogP contribution in [0.4, 0.5) is 4.39 Å². The van der Waals surface area contributed by atoms with Crippen LogP contribution in [0.15, 0.2) is 18.2 Å². The van der Waals surface area contributed by atoms with Gasteiger partial charge in [0.1, 0.15) is 11.7 Å². The van der Waals surface area contributed by atoms with Crippen molar-refractivity contribution in [3.63, 3.8) is 0 Å². The van der Waals surface area contributed by atoms with Crippen LogP contribution in [0.3, 0.4) is 0 Å². The van der Waals surface area contributed by atoms with Crippen LogP contribution in [0.1, 0.15) is 44.2 Å². The molecule has 104 valence electrons. The number of nitrogens with two attached hydrogens (primary N) is 1. The topological polar surface area (TPSA) is 53.1 Å². The molecule has 3 nitrogen and oxygen atoms in total. The van der Waals surface area contributed by atoms with Crippen molar-refractivity contribution in [3.8, 4) is 0 Å². The number of hydrogen-bond acceptors (Lipinski definition) is 2. The maximum absolute atomic E-state index is 13.6. The Balaban J connectivity index is 2.20. The highest BCUT2D eigenvalue weighted by molar-refractivity contribution is 5.95. The molecule has 1 heterocycles. The smallest absolute Gasteiger partial charge is 0.124 e. The molecular weight excluding hydrogens is 241 g/mol. The van der Waals surface area contributed by atoms with E-state index in [1.54, 1.807) is 6.07 Å². The standard InChI is InChI=1S/C15H22FN3/c1-10-4-3-5-11(2)19(10)9-12-6-13(15(17)18)8-14(16)7-12/h6-8,10-11H,3-5,9H2,1-2H3,(H3,17,18)/t10-,11+. The third-order valence-corrected chi connectivity index (χ3v) is 4.01. The number of benzene rings is 1. The predicted molar refractivity (Wildman–Crippen MR) is 75.7 cm³/mol. The van der Waals surface area contributed by atoms with Crippen molar-refractivity contribution >= 4 is 5.84 Å². The third kappa shape index (κ3) is 3.32. The van der Waals surface area contributed by atoms with Gasteiger partial charge in [-0.25, -0.2) is 4.39 Å². The van der Waals surface area contributed by atoms with E-state index in [2.05, 4.69) is 18.7 Å². The van der Waals surface area contributed by atoms with Crippen LogP contribution >= 0.6 is 0 Å². The molecule has 0 amide bonds. The highest BCUT2D eigenvalue weighted by Gasteiger charge is 2.24. The number of hydrogen-bond donors (Lipinski definition) is 2. The first-order valence-electron chi connectivity index (χ1n) is 6.87. The van der Waals surface area contributed by atoms with E-state index in [-0.39, 0.29) is 11.7 Å². The number of amidine groups is 1. The molecule has 0 radical (unpaired) electrons. The van der Waals surface area contributed by atoms with Crippen LogP contribution in [0, 0.1) is 11.2 Å². The Morgan fingerprint density at radius 3 is 2.53 bits per heavy atom. The first-order chi connectivity index (χ1) is 8.97. The Morgan fingerprint density at radius 1 is 1.32 bits per heavy atom. The van der Waals surface area contributed by atoms with Crippen LogP contribution in [0.25, 0.3) is 0 Å². The van der Waals surface area contributed by atoms with E-state index in [1.165, 1.54) is 25.3 Å². The fourth-order valence-electron chi connectivity index (χ4n) is 2.89. The van der Waals surface area contributed by atoms with Gasteiger partial charge in [0.05, 0.1) is 0 Å². The molecule has 0 spiro atoms. The van der Waals surface area contributed by atoms with Gasteiger partial charge in [-0.15, -0.1) is 0 Å². The summed E-state index contributed by atoms with van der Waals surface area (Å²) in [4.78, 5) is 2.40. The van der Waals surface area contributed by atoms with Gasteiger partial charge < -0.3 is 5.73 Å². The Labute approximate surface area is 114 Å². The van der Waals surface area contributed by atoms with E-state index in [1.807, 2.05) is 6.07 Å². The zero-order valence-corrected chi connectivity index (χ0v) is 11.6. The molecular formula is C15H22FN3. The molecule has 0 bridgehead atoms. The Bertz CT molecular complexity index is 462. The third-order valence-electron chi connectivity index (χ3n) is 4.01. The number of nitrogens with one attached hydrogen (secondary N) is 1. The molecule has 0 aliphatic carbocycles. The maximum atomic E-state index is 13.6. The first-order valence-corrected chi connectivity index (χ1v) is 6.87. The number of halogens is 1. The molecule has 1 aliphatic heterocycles. The summed E-state index contributed by atoms with van der Waals surface area (Å²) in [5.41, 5.74) is 6.80. The minimum absolute atomic E-state index is 0.0829. The van der Waals surface area contributed by atoms with E-state index >= 15 is 0 Å². The molecule has 4 heteroatoms. The summed E-state index contributed by atoms with van der Waals surface area (Å²) in [6.45, 7) is 5.17. The summed E-state index contributed by atoms with van der Waals surface area (Å²) in [6.07, 6.45) is 3.65. The zero-order valence-electron chi connectivity index (χ0n) is 11.6. The minimum atomic E-state index is -0.319. The van der Waals surface area contributed by atoms with Crippen molar-refractivity contribution in [1.29, 1.82) is 5.41 Å². The highest BCUT2D eigenvalue weighted by atomic mass is 19.1. The van der Waals surface area contributed by atoms with Gasteiger partial charge in [-0.1, -0.05) is 6.42 Å². The molecule has 1 aliphatic rings. The molecule has 1 aromatic rings. The lowest BCUT2D eigenvalue weighted by Gasteiger charge is -2.39. The molecule has 1 fully saturated rings. The molecule has 3 N–H and O–H groups in total. The van der Waals surface area contributed by atoms with E-state index in [0.29, 0.717) is 17.6 Å². The van der Waals surface area contributed by atoms with Gasteiger partial charge >= 0.3 is 0 Å². The predicted octanol–water partition coefficient (Wildman–Crippen LogP) is 2.87. The van der Waals surface area contributed by atoms with Crippen molar-refractivity contribution in [3.05, 3.63) is 35.1 Å². The second-order valence-electron chi connectivity index (χ2n) is 5.56. The molecule has 0 saturated carbocycles. The number of likely N-dealkylation sites (tertiary alicyclic amines) is 1. The zero-order chi connectivity index (χ0) is 14.0. The minimum Gasteiger partial charge on any atom is -0.384 e. The van der Waals surface area contributed by atoms with E-state index in [4.69, 9.17) is 11.1 Å². The Hall–Kier alpha value is -1.42. The highest BCUT2D eigenvalue weighted by Crippen LogP contribution is 2.25. The molecule has 1 saturated heterocycles. The molecule has 19 heavy (non-hydrogen) atoms. The van der Waals surface area contributed by atoms with E-state index in [0.717, 1.165) is 12.1 Å². The summed E-state index contributed by atoms with van der Waals surface area (Å²) < 4.78 is 13.6. The molecule has 1 aromatic carbocycles. The fraction of sp³-hybridized carbons (Fsp3) is 0.533. The lowest BCUT2D eigenvalue weighted by Crippen LogP contribution is -2.43. The monoisotopic (exact) mass is 263 g/mol. The quantitative estimate of drug-likeness (QED) is 0.651. The number of nitrogens with zero attached hydrogens (tertiary/aromatic N) is 1. The van der Waals surface area contributed by atoms with E-state index in [9.17, 15) is 4.39 Å². The average Bonchev–Trinajstić information content (AvgIpc) is 2.33. The van der Waals surface area contributed by atoms with Gasteiger partial charge in [-0.05, 0) is 50.5 Å². The summed E-state index contributed by atoms with van der Waals surface area (Å²) in [7, 11) is 0. The van der Waals surface area contributed by atoms with E-state index < -0.39 is 0 Å². The van der Waals surface area contributed by atoms with Crippen LogP contribution < -0.4 is 5.73 Å². The molecule has 0 aromatic heterocycles. The van der Waals surface area contributed by atoms with Crippen molar-refractivity contribution in [2.24, 2.45) is 5.73 Å². The summed E-state index contributed by atoms with van der Waals surface area (Å²) in [6, 6.07) is 5.72. The molecule has 0 unspecified atom stereocenters. The van der Waals surface area contributed by atoms with Crippen LogP contribution in [0.2, 0.25) is 0 Å². The SMILES string of the molecule is C[C@@H]1CCC[C@H](C)N1Cc1cc(F)cc(C(=N)N)c1. The normalized spacial score (nSPS) is 24.4. The van der Waals surface area contributed by atoms with Crippen molar-refractivity contribution in [2.45, 2.75) is 51.7 Å². The van der Waals surface area contributed by atoms with Crippen LogP contribution in [0.5, 0.6) is 0 Å². The number of rotatable bonds is 3. The molecule has 2 rings (SSSR count). The molecule has 2 atom stereocenters. The Kier molecular flexibility index (Phi) is 4.20. The number of nitrogen functional groups attached to an aromatic ring is 1. The van der Waals surface area contributed by atoms with Crippen LogP contribution in [-0.2, 0) is 6.54 Å². The second kappa shape index (κ2) is 5.70. The van der Waals surface area contributed by atoms with Gasteiger partial charge in [-0.2, -0.15) is 0 Å². The van der Waals surface area contributed by atoms with Gasteiger partial charge in [-0.3, -0.25) is 10.3 Å². The largest absolute Gasteiger partial charge is 0.384 e.